The van der Waals surface area contributed by atoms with Crippen LogP contribution in [0.5, 0.6) is 5.75 Å². The lowest BCUT2D eigenvalue weighted by atomic mass is 10.0. The van der Waals surface area contributed by atoms with Crippen LogP contribution in [0.3, 0.4) is 0 Å². The Morgan fingerprint density at radius 3 is 2.61 bits per heavy atom. The van der Waals surface area contributed by atoms with Crippen LogP contribution in [-0.4, -0.2) is 20.7 Å². The van der Waals surface area contributed by atoms with Crippen LogP contribution in [0.2, 0.25) is 0 Å². The summed E-state index contributed by atoms with van der Waals surface area (Å²) in [6.07, 6.45) is 0.171. The number of aromatic hydroxyl groups is 1. The molecule has 2 aromatic carbocycles. The molecule has 0 unspecified atom stereocenters. The van der Waals surface area contributed by atoms with Crippen LogP contribution < -0.4 is 5.56 Å². The second-order valence-corrected chi connectivity index (χ2v) is 5.39. The van der Waals surface area contributed by atoms with E-state index in [1.165, 1.54) is 16.7 Å². The average molecular weight is 309 g/mol. The average Bonchev–Trinajstić information content (AvgIpc) is 2.57. The van der Waals surface area contributed by atoms with Gasteiger partial charge in [0.25, 0.3) is 5.56 Å². The number of pyridine rings is 1. The molecule has 3 rings (SSSR count). The zero-order valence-corrected chi connectivity index (χ0v) is 12.5. The van der Waals surface area contributed by atoms with Crippen molar-refractivity contribution in [2.75, 3.05) is 0 Å². The molecule has 1 heterocycles. The zero-order valence-electron chi connectivity index (χ0n) is 12.5. The van der Waals surface area contributed by atoms with Crippen molar-refractivity contribution in [2.45, 2.75) is 6.42 Å². The largest absolute Gasteiger partial charge is 0.507 e. The Balaban J connectivity index is 2.16. The number of aromatic carboxylic acids is 1. The van der Waals surface area contributed by atoms with Gasteiger partial charge in [0, 0.05) is 18.9 Å². The molecule has 116 valence electrons. The standard InChI is InChI=1S/C18H15NO4/c1-19-15-8-3-2-7-13(15)16(20)14(17(19)21)10-11-5-4-6-12(9-11)18(22)23/h2-9,20H,10H2,1H3,(H,22,23). The zero-order chi connectivity index (χ0) is 16.6. The van der Waals surface area contributed by atoms with Crippen LogP contribution in [0, 0.1) is 0 Å². The van der Waals surface area contributed by atoms with Gasteiger partial charge in [-0.05, 0) is 29.8 Å². The van der Waals surface area contributed by atoms with E-state index < -0.39 is 5.97 Å². The number of aryl methyl sites for hydroxylation is 1. The number of hydrogen-bond acceptors (Lipinski definition) is 3. The lowest BCUT2D eigenvalue weighted by molar-refractivity contribution is 0.0696. The quantitative estimate of drug-likeness (QED) is 0.779. The molecule has 0 aliphatic rings. The fourth-order valence-electron chi connectivity index (χ4n) is 2.72. The van der Waals surface area contributed by atoms with Crippen LogP contribution in [0.25, 0.3) is 10.9 Å². The molecule has 0 radical (unpaired) electrons. The smallest absolute Gasteiger partial charge is 0.335 e. The molecule has 5 nitrogen and oxygen atoms in total. The normalized spacial score (nSPS) is 10.8. The van der Waals surface area contributed by atoms with Gasteiger partial charge < -0.3 is 14.8 Å². The van der Waals surface area contributed by atoms with Crippen molar-refractivity contribution in [3.05, 3.63) is 75.6 Å². The summed E-state index contributed by atoms with van der Waals surface area (Å²) in [7, 11) is 1.65. The van der Waals surface area contributed by atoms with Gasteiger partial charge in [-0.25, -0.2) is 4.79 Å². The van der Waals surface area contributed by atoms with E-state index in [9.17, 15) is 14.7 Å². The van der Waals surface area contributed by atoms with Gasteiger partial charge in [-0.2, -0.15) is 0 Å². The lowest BCUT2D eigenvalue weighted by Crippen LogP contribution is -2.22. The van der Waals surface area contributed by atoms with E-state index in [-0.39, 0.29) is 28.9 Å². The molecule has 0 amide bonds. The van der Waals surface area contributed by atoms with Gasteiger partial charge in [0.15, 0.2) is 0 Å². The van der Waals surface area contributed by atoms with Crippen LogP contribution in [0.4, 0.5) is 0 Å². The summed E-state index contributed by atoms with van der Waals surface area (Å²) in [6, 6.07) is 13.5. The van der Waals surface area contributed by atoms with E-state index in [0.717, 1.165) is 0 Å². The number of carbonyl (C=O) groups is 1. The molecular formula is C18H15NO4. The highest BCUT2D eigenvalue weighted by atomic mass is 16.4. The Kier molecular flexibility index (Phi) is 3.62. The first kappa shape index (κ1) is 14.8. The Hall–Kier alpha value is -3.08. The highest BCUT2D eigenvalue weighted by molar-refractivity contribution is 5.88. The molecule has 0 spiro atoms. The van der Waals surface area contributed by atoms with Crippen molar-refractivity contribution in [3.8, 4) is 5.75 Å². The molecule has 0 bridgehead atoms. The monoisotopic (exact) mass is 309 g/mol. The van der Waals surface area contributed by atoms with Crippen molar-refractivity contribution in [3.63, 3.8) is 0 Å². The van der Waals surface area contributed by atoms with Gasteiger partial charge >= 0.3 is 5.97 Å². The highest BCUT2D eigenvalue weighted by Crippen LogP contribution is 2.27. The van der Waals surface area contributed by atoms with Crippen LogP contribution in [-0.2, 0) is 13.5 Å². The third-order valence-corrected chi connectivity index (χ3v) is 3.92. The first-order chi connectivity index (χ1) is 11.0. The number of aromatic nitrogens is 1. The van der Waals surface area contributed by atoms with Crippen molar-refractivity contribution >= 4 is 16.9 Å². The highest BCUT2D eigenvalue weighted by Gasteiger charge is 2.15. The number of hydrogen-bond donors (Lipinski definition) is 2. The minimum Gasteiger partial charge on any atom is -0.507 e. The maximum Gasteiger partial charge on any atom is 0.335 e. The SMILES string of the molecule is Cn1c(=O)c(Cc2cccc(C(=O)O)c2)c(O)c2ccccc21. The Morgan fingerprint density at radius 2 is 1.87 bits per heavy atom. The van der Waals surface area contributed by atoms with Gasteiger partial charge in [-0.15, -0.1) is 0 Å². The van der Waals surface area contributed by atoms with Crippen LogP contribution in [0.15, 0.2) is 53.3 Å². The Bertz CT molecular complexity index is 972. The Morgan fingerprint density at radius 1 is 1.13 bits per heavy atom. The van der Waals surface area contributed by atoms with E-state index in [0.29, 0.717) is 16.5 Å². The second-order valence-electron chi connectivity index (χ2n) is 5.39. The fraction of sp³-hybridized carbons (Fsp3) is 0.111. The van der Waals surface area contributed by atoms with Crippen LogP contribution >= 0.6 is 0 Å². The minimum atomic E-state index is -1.03. The molecule has 0 aliphatic carbocycles. The molecule has 3 aromatic rings. The molecule has 23 heavy (non-hydrogen) atoms. The van der Waals surface area contributed by atoms with E-state index in [2.05, 4.69) is 0 Å². The summed E-state index contributed by atoms with van der Waals surface area (Å²) < 4.78 is 1.49. The molecular weight excluding hydrogens is 294 g/mol. The van der Waals surface area contributed by atoms with E-state index >= 15 is 0 Å². The topological polar surface area (TPSA) is 79.5 Å². The van der Waals surface area contributed by atoms with Crippen molar-refractivity contribution < 1.29 is 15.0 Å². The summed E-state index contributed by atoms with van der Waals surface area (Å²) in [5.41, 5.74) is 1.43. The third kappa shape index (κ3) is 2.57. The lowest BCUT2D eigenvalue weighted by Gasteiger charge is -2.12. The molecule has 5 heteroatoms. The predicted octanol–water partition coefficient (Wildman–Crippen LogP) is 2.53. The minimum absolute atomic E-state index is 0.0515. The number of fused-ring (bicyclic) bond motifs is 1. The number of carboxylic acid groups (broad SMARTS) is 1. The maximum absolute atomic E-state index is 12.5. The van der Waals surface area contributed by atoms with E-state index in [1.807, 2.05) is 0 Å². The molecule has 0 aliphatic heterocycles. The third-order valence-electron chi connectivity index (χ3n) is 3.92. The summed E-state index contributed by atoms with van der Waals surface area (Å²) in [5, 5.41) is 20.1. The van der Waals surface area contributed by atoms with Crippen LogP contribution in [0.1, 0.15) is 21.5 Å². The summed E-state index contributed by atoms with van der Waals surface area (Å²) in [5.74, 6) is -1.08. The van der Waals surface area contributed by atoms with E-state index in [1.54, 1.807) is 43.4 Å². The van der Waals surface area contributed by atoms with Gasteiger partial charge in [0.05, 0.1) is 16.6 Å². The number of nitrogens with zero attached hydrogens (tertiary/aromatic N) is 1. The van der Waals surface area contributed by atoms with Gasteiger partial charge in [-0.1, -0.05) is 24.3 Å². The summed E-state index contributed by atoms with van der Waals surface area (Å²) in [4.78, 5) is 23.6. The maximum atomic E-state index is 12.5. The summed E-state index contributed by atoms with van der Waals surface area (Å²) >= 11 is 0. The Labute approximate surface area is 132 Å². The van der Waals surface area contributed by atoms with Crippen molar-refractivity contribution in [1.82, 2.24) is 4.57 Å². The molecule has 1 aromatic heterocycles. The van der Waals surface area contributed by atoms with Gasteiger partial charge in [-0.3, -0.25) is 4.79 Å². The molecule has 2 N–H and O–H groups in total. The summed E-state index contributed by atoms with van der Waals surface area (Å²) in [6.45, 7) is 0. The second kappa shape index (κ2) is 5.61. The van der Waals surface area contributed by atoms with E-state index in [4.69, 9.17) is 5.11 Å². The number of benzene rings is 2. The van der Waals surface area contributed by atoms with Crippen molar-refractivity contribution in [2.24, 2.45) is 7.05 Å². The predicted molar refractivity (Wildman–Crippen MR) is 87.1 cm³/mol. The first-order valence-corrected chi connectivity index (χ1v) is 7.11. The number of rotatable bonds is 3. The number of para-hydroxylation sites is 1. The molecule has 0 fully saturated rings. The number of carboxylic acids is 1. The van der Waals surface area contributed by atoms with Gasteiger partial charge in [0.2, 0.25) is 0 Å². The van der Waals surface area contributed by atoms with Gasteiger partial charge in [0.1, 0.15) is 5.75 Å². The molecule has 0 saturated carbocycles. The first-order valence-electron chi connectivity index (χ1n) is 7.11. The molecule has 0 atom stereocenters. The molecule has 0 saturated heterocycles. The fourth-order valence-corrected chi connectivity index (χ4v) is 2.72. The van der Waals surface area contributed by atoms with Crippen molar-refractivity contribution in [1.29, 1.82) is 0 Å².